The zero-order valence-corrected chi connectivity index (χ0v) is 13.0. The number of carboxylic acid groups (broad SMARTS) is 1. The average molecular weight is 329 g/mol. The summed E-state index contributed by atoms with van der Waals surface area (Å²) in [4.78, 5) is 16.2. The van der Waals surface area contributed by atoms with Crippen LogP contribution < -0.4 is 5.32 Å². The van der Waals surface area contributed by atoms with Crippen molar-refractivity contribution in [1.82, 2.24) is 19.5 Å². The zero-order chi connectivity index (χ0) is 17.1. The van der Waals surface area contributed by atoms with Gasteiger partial charge in [0.15, 0.2) is 5.65 Å². The van der Waals surface area contributed by atoms with E-state index >= 15 is 0 Å². The van der Waals surface area contributed by atoms with Crippen LogP contribution >= 0.6 is 0 Å². The fraction of sp³-hybridized carbons (Fsp3) is 0.188. The summed E-state index contributed by atoms with van der Waals surface area (Å²) in [6.45, 7) is 0.726. The number of rotatable bonds is 5. The molecule has 0 spiro atoms. The lowest BCUT2D eigenvalue weighted by Crippen LogP contribution is -2.30. The van der Waals surface area contributed by atoms with Gasteiger partial charge in [-0.2, -0.15) is 0 Å². The molecule has 1 amide bonds. The van der Waals surface area contributed by atoms with Crippen molar-refractivity contribution in [1.29, 1.82) is 0 Å². The molecule has 0 atom stereocenters. The van der Waals surface area contributed by atoms with Crippen LogP contribution in [0.5, 0.6) is 0 Å². The third kappa shape index (κ3) is 3.12. The Labute approximate surface area is 137 Å². The molecule has 3 rings (SSSR count). The van der Waals surface area contributed by atoms with Crippen LogP contribution in [0.15, 0.2) is 42.6 Å². The van der Waals surface area contributed by atoms with E-state index in [0.717, 1.165) is 0 Å². The molecular weight excluding hydrogens is 313 g/mol. The van der Waals surface area contributed by atoms with Crippen molar-refractivity contribution in [3.8, 4) is 11.3 Å². The average Bonchev–Trinajstić information content (AvgIpc) is 2.98. The fourth-order valence-corrected chi connectivity index (χ4v) is 2.27. The summed E-state index contributed by atoms with van der Waals surface area (Å²) < 4.78 is 15.6. The van der Waals surface area contributed by atoms with Gasteiger partial charge in [-0.1, -0.05) is 12.1 Å². The van der Waals surface area contributed by atoms with Crippen LogP contribution in [0, 0.1) is 5.82 Å². The molecule has 0 aliphatic heterocycles. The number of aromatic nitrogens is 3. The number of nitrogens with zero attached hydrogens (tertiary/aromatic N) is 4. The molecule has 2 N–H and O–H groups in total. The summed E-state index contributed by atoms with van der Waals surface area (Å²) in [7, 11) is 1.49. The minimum atomic E-state index is -0.989. The van der Waals surface area contributed by atoms with Crippen molar-refractivity contribution in [3.63, 3.8) is 0 Å². The highest BCUT2D eigenvalue weighted by atomic mass is 19.1. The summed E-state index contributed by atoms with van der Waals surface area (Å²) in [6, 6.07) is 9.94. The Kier molecular flexibility index (Phi) is 4.28. The van der Waals surface area contributed by atoms with Crippen molar-refractivity contribution < 1.29 is 14.3 Å². The van der Waals surface area contributed by atoms with Crippen LogP contribution in [0.4, 0.5) is 15.0 Å². The highest BCUT2D eigenvalue weighted by Crippen LogP contribution is 2.23. The number of fused-ring (bicyclic) bond motifs is 1. The standard InChI is InChI=1S/C16H16FN5O2/c1-21(16(23)24)9-8-18-14-6-7-15-19-10-13(22(15)20-14)11-4-2-3-5-12(11)17/h2-7,10H,8-9H2,1H3,(H,18,20)(H,23,24). The molecule has 0 saturated carbocycles. The Morgan fingerprint density at radius 2 is 2.12 bits per heavy atom. The maximum absolute atomic E-state index is 14.0. The highest BCUT2D eigenvalue weighted by molar-refractivity contribution is 5.65. The van der Waals surface area contributed by atoms with Crippen LogP contribution in [-0.4, -0.2) is 50.8 Å². The first-order valence-corrected chi connectivity index (χ1v) is 7.34. The van der Waals surface area contributed by atoms with Gasteiger partial charge in [0, 0.05) is 25.7 Å². The van der Waals surface area contributed by atoms with Gasteiger partial charge in [-0.25, -0.2) is 18.7 Å². The number of halogens is 1. The van der Waals surface area contributed by atoms with Gasteiger partial charge in [0.05, 0.1) is 11.9 Å². The highest BCUT2D eigenvalue weighted by Gasteiger charge is 2.11. The summed E-state index contributed by atoms with van der Waals surface area (Å²) in [5.74, 6) is 0.208. The number of hydrogen-bond acceptors (Lipinski definition) is 4. The molecule has 3 aromatic rings. The molecule has 0 radical (unpaired) electrons. The van der Waals surface area contributed by atoms with E-state index in [4.69, 9.17) is 5.11 Å². The first kappa shape index (κ1) is 15.7. The van der Waals surface area contributed by atoms with E-state index in [1.54, 1.807) is 41.0 Å². The third-order valence-electron chi connectivity index (χ3n) is 3.59. The monoisotopic (exact) mass is 329 g/mol. The van der Waals surface area contributed by atoms with Crippen LogP contribution in [0.3, 0.4) is 0 Å². The molecule has 0 fully saturated rings. The normalized spacial score (nSPS) is 10.8. The van der Waals surface area contributed by atoms with Gasteiger partial charge in [-0.05, 0) is 24.3 Å². The predicted molar refractivity (Wildman–Crippen MR) is 87.5 cm³/mol. The van der Waals surface area contributed by atoms with Crippen LogP contribution in [0.25, 0.3) is 16.9 Å². The SMILES string of the molecule is CN(CCNc1ccc2ncc(-c3ccccc3F)n2n1)C(=O)O. The quantitative estimate of drug-likeness (QED) is 0.752. The van der Waals surface area contributed by atoms with Crippen LogP contribution in [-0.2, 0) is 0 Å². The number of imidazole rings is 1. The van der Waals surface area contributed by atoms with E-state index in [2.05, 4.69) is 15.4 Å². The van der Waals surface area contributed by atoms with Crippen molar-refractivity contribution in [2.75, 3.05) is 25.5 Å². The zero-order valence-electron chi connectivity index (χ0n) is 13.0. The molecule has 0 unspecified atom stereocenters. The lowest BCUT2D eigenvalue weighted by molar-refractivity contribution is 0.157. The number of anilines is 1. The van der Waals surface area contributed by atoms with E-state index in [-0.39, 0.29) is 5.82 Å². The molecule has 1 aromatic carbocycles. The van der Waals surface area contributed by atoms with Crippen molar-refractivity contribution in [3.05, 3.63) is 48.4 Å². The first-order chi connectivity index (χ1) is 11.6. The van der Waals surface area contributed by atoms with Crippen molar-refractivity contribution in [2.24, 2.45) is 0 Å². The molecule has 0 aliphatic rings. The Morgan fingerprint density at radius 1 is 1.33 bits per heavy atom. The maximum Gasteiger partial charge on any atom is 0.407 e. The van der Waals surface area contributed by atoms with Gasteiger partial charge in [-0.15, -0.1) is 5.10 Å². The van der Waals surface area contributed by atoms with Crippen LogP contribution in [0.1, 0.15) is 0 Å². The topological polar surface area (TPSA) is 82.8 Å². The second-order valence-electron chi connectivity index (χ2n) is 5.24. The number of benzene rings is 1. The lowest BCUT2D eigenvalue weighted by atomic mass is 10.1. The van der Waals surface area contributed by atoms with Crippen molar-refractivity contribution in [2.45, 2.75) is 0 Å². The number of likely N-dealkylation sites (N-methyl/N-ethyl adjacent to an activating group) is 1. The first-order valence-electron chi connectivity index (χ1n) is 7.34. The molecule has 8 heteroatoms. The van der Waals surface area contributed by atoms with Gasteiger partial charge in [0.25, 0.3) is 0 Å². The Bertz CT molecular complexity index is 880. The van der Waals surface area contributed by atoms with Gasteiger partial charge in [0.1, 0.15) is 11.6 Å². The number of nitrogens with one attached hydrogen (secondary N) is 1. The van der Waals surface area contributed by atoms with Gasteiger partial charge >= 0.3 is 6.09 Å². The molecular formula is C16H16FN5O2. The van der Waals surface area contributed by atoms with E-state index < -0.39 is 6.09 Å². The maximum atomic E-state index is 14.0. The van der Waals surface area contributed by atoms with E-state index in [0.29, 0.717) is 35.8 Å². The van der Waals surface area contributed by atoms with E-state index in [1.807, 2.05) is 0 Å². The Balaban J connectivity index is 1.84. The molecule has 2 aromatic heterocycles. The minimum Gasteiger partial charge on any atom is -0.465 e. The molecule has 7 nitrogen and oxygen atoms in total. The Hall–Kier alpha value is -3.16. The second kappa shape index (κ2) is 6.53. The van der Waals surface area contributed by atoms with Gasteiger partial charge in [-0.3, -0.25) is 0 Å². The third-order valence-corrected chi connectivity index (χ3v) is 3.59. The number of amides is 1. The minimum absolute atomic E-state index is 0.319. The summed E-state index contributed by atoms with van der Waals surface area (Å²) in [5.41, 5.74) is 1.57. The summed E-state index contributed by atoms with van der Waals surface area (Å²) in [5, 5.41) is 16.3. The largest absolute Gasteiger partial charge is 0.465 e. The number of carbonyl (C=O) groups is 1. The molecule has 0 bridgehead atoms. The summed E-state index contributed by atoms with van der Waals surface area (Å²) in [6.07, 6.45) is 0.583. The number of hydrogen-bond donors (Lipinski definition) is 2. The lowest BCUT2D eigenvalue weighted by Gasteiger charge is -2.13. The molecule has 124 valence electrons. The van der Waals surface area contributed by atoms with Crippen molar-refractivity contribution >= 4 is 17.6 Å². The predicted octanol–water partition coefficient (Wildman–Crippen LogP) is 2.56. The van der Waals surface area contributed by atoms with E-state index in [9.17, 15) is 9.18 Å². The van der Waals surface area contributed by atoms with Gasteiger partial charge < -0.3 is 15.3 Å². The second-order valence-corrected chi connectivity index (χ2v) is 5.24. The molecule has 2 heterocycles. The molecule has 0 aliphatic carbocycles. The Morgan fingerprint density at radius 3 is 2.88 bits per heavy atom. The fourth-order valence-electron chi connectivity index (χ4n) is 2.27. The smallest absolute Gasteiger partial charge is 0.407 e. The van der Waals surface area contributed by atoms with Crippen LogP contribution in [0.2, 0.25) is 0 Å². The van der Waals surface area contributed by atoms with Gasteiger partial charge in [0.2, 0.25) is 0 Å². The molecule has 24 heavy (non-hydrogen) atoms. The summed E-state index contributed by atoms with van der Waals surface area (Å²) >= 11 is 0. The van der Waals surface area contributed by atoms with E-state index in [1.165, 1.54) is 18.0 Å². The molecule has 0 saturated heterocycles.